The first-order valence-electron chi connectivity index (χ1n) is 6.91. The third-order valence-electron chi connectivity index (χ3n) is 3.72. The zero-order chi connectivity index (χ0) is 13.7. The van der Waals surface area contributed by atoms with Crippen LogP contribution >= 0.6 is 0 Å². The normalized spacial score (nSPS) is 18.3. The van der Waals surface area contributed by atoms with E-state index in [0.29, 0.717) is 12.5 Å². The summed E-state index contributed by atoms with van der Waals surface area (Å²) in [5, 5.41) is 0. The zero-order valence-corrected chi connectivity index (χ0v) is 11.9. The number of ether oxygens (including phenoxy) is 2. The van der Waals surface area contributed by atoms with Crippen LogP contribution in [0.2, 0.25) is 0 Å². The van der Waals surface area contributed by atoms with Crippen molar-refractivity contribution in [3.8, 4) is 5.75 Å². The van der Waals surface area contributed by atoms with Gasteiger partial charge in [-0.25, -0.2) is 0 Å². The number of nitrogens with zero attached hydrogens (tertiary/aromatic N) is 1. The summed E-state index contributed by atoms with van der Waals surface area (Å²) in [4.78, 5) is 2.40. The van der Waals surface area contributed by atoms with Gasteiger partial charge in [-0.2, -0.15) is 0 Å². The lowest BCUT2D eigenvalue weighted by Gasteiger charge is -2.27. The lowest BCUT2D eigenvalue weighted by Crippen LogP contribution is -2.35. The van der Waals surface area contributed by atoms with Crippen LogP contribution in [-0.2, 0) is 11.3 Å². The Kier molecular flexibility index (Phi) is 5.19. The quantitative estimate of drug-likeness (QED) is 0.877. The molecule has 1 fully saturated rings. The molecule has 0 saturated carbocycles. The fraction of sp³-hybridized carbons (Fsp3) is 0.600. The molecule has 0 aromatic heterocycles. The highest BCUT2D eigenvalue weighted by Gasteiger charge is 2.14. The van der Waals surface area contributed by atoms with Crippen molar-refractivity contribution in [3.05, 3.63) is 29.3 Å². The number of nitrogens with two attached hydrogens (primary N) is 1. The largest absolute Gasteiger partial charge is 0.496 e. The van der Waals surface area contributed by atoms with Gasteiger partial charge < -0.3 is 15.2 Å². The van der Waals surface area contributed by atoms with Gasteiger partial charge in [-0.3, -0.25) is 4.90 Å². The molecule has 1 unspecified atom stereocenters. The van der Waals surface area contributed by atoms with Crippen molar-refractivity contribution in [2.24, 2.45) is 5.73 Å². The highest BCUT2D eigenvalue weighted by Crippen LogP contribution is 2.25. The Bertz CT molecular complexity index is 403. The Morgan fingerprint density at radius 2 is 2.11 bits per heavy atom. The van der Waals surface area contributed by atoms with Crippen molar-refractivity contribution in [3.63, 3.8) is 0 Å². The van der Waals surface area contributed by atoms with Gasteiger partial charge in [0, 0.05) is 25.2 Å². The van der Waals surface area contributed by atoms with Gasteiger partial charge in [0.15, 0.2) is 0 Å². The van der Waals surface area contributed by atoms with Crippen LogP contribution in [0.5, 0.6) is 5.75 Å². The minimum atomic E-state index is 0.384. The molecule has 1 aliphatic heterocycles. The maximum Gasteiger partial charge on any atom is 0.123 e. The molecule has 1 aromatic rings. The van der Waals surface area contributed by atoms with Crippen molar-refractivity contribution in [2.75, 3.05) is 40.0 Å². The van der Waals surface area contributed by atoms with Crippen LogP contribution in [0.4, 0.5) is 0 Å². The molecule has 106 valence electrons. The van der Waals surface area contributed by atoms with E-state index in [-0.39, 0.29) is 0 Å². The van der Waals surface area contributed by atoms with Crippen molar-refractivity contribution in [1.29, 1.82) is 0 Å². The van der Waals surface area contributed by atoms with E-state index in [4.69, 9.17) is 15.2 Å². The molecule has 4 nitrogen and oxygen atoms in total. The Morgan fingerprint density at radius 1 is 1.37 bits per heavy atom. The van der Waals surface area contributed by atoms with Crippen LogP contribution in [0.25, 0.3) is 0 Å². The molecular weight excluding hydrogens is 240 g/mol. The van der Waals surface area contributed by atoms with Crippen LogP contribution in [-0.4, -0.2) is 44.9 Å². The molecule has 19 heavy (non-hydrogen) atoms. The molecule has 0 spiro atoms. The number of benzene rings is 1. The summed E-state index contributed by atoms with van der Waals surface area (Å²) in [6.07, 6.45) is 0. The number of hydrogen-bond donors (Lipinski definition) is 1. The highest BCUT2D eigenvalue weighted by atomic mass is 16.5. The standard InChI is InChI=1S/C15H24N2O2/c1-12(10-16)13-3-4-15(18-2)14(9-13)11-17-5-7-19-8-6-17/h3-4,9,12H,5-8,10-11,16H2,1-2H3. The number of methoxy groups -OCH3 is 1. The maximum atomic E-state index is 5.75. The summed E-state index contributed by atoms with van der Waals surface area (Å²) in [6, 6.07) is 6.39. The first-order valence-corrected chi connectivity index (χ1v) is 6.91. The molecule has 2 rings (SSSR count). The average molecular weight is 264 g/mol. The van der Waals surface area contributed by atoms with Crippen LogP contribution < -0.4 is 10.5 Å². The molecule has 1 saturated heterocycles. The van der Waals surface area contributed by atoms with E-state index < -0.39 is 0 Å². The van der Waals surface area contributed by atoms with Crippen molar-refractivity contribution in [2.45, 2.75) is 19.4 Å². The minimum absolute atomic E-state index is 0.384. The molecule has 1 aromatic carbocycles. The third-order valence-corrected chi connectivity index (χ3v) is 3.72. The fourth-order valence-electron chi connectivity index (χ4n) is 2.36. The second kappa shape index (κ2) is 6.89. The summed E-state index contributed by atoms with van der Waals surface area (Å²) in [5.41, 5.74) is 8.27. The van der Waals surface area contributed by atoms with Crippen LogP contribution in [0, 0.1) is 0 Å². The maximum absolute atomic E-state index is 5.75. The zero-order valence-electron chi connectivity index (χ0n) is 11.9. The molecule has 4 heteroatoms. The van der Waals surface area contributed by atoms with Crippen molar-refractivity contribution < 1.29 is 9.47 Å². The molecule has 1 aliphatic rings. The smallest absolute Gasteiger partial charge is 0.123 e. The third kappa shape index (κ3) is 3.69. The van der Waals surface area contributed by atoms with Gasteiger partial charge in [0.05, 0.1) is 20.3 Å². The summed E-state index contributed by atoms with van der Waals surface area (Å²) < 4.78 is 10.8. The van der Waals surface area contributed by atoms with Gasteiger partial charge in [-0.1, -0.05) is 19.1 Å². The second-order valence-electron chi connectivity index (χ2n) is 5.10. The summed E-state index contributed by atoms with van der Waals surface area (Å²) in [5.74, 6) is 1.34. The van der Waals surface area contributed by atoms with E-state index in [9.17, 15) is 0 Å². The minimum Gasteiger partial charge on any atom is -0.496 e. The molecule has 1 heterocycles. The van der Waals surface area contributed by atoms with Gasteiger partial charge in [0.25, 0.3) is 0 Å². The first kappa shape index (κ1) is 14.3. The predicted molar refractivity (Wildman–Crippen MR) is 76.6 cm³/mol. The number of hydrogen-bond acceptors (Lipinski definition) is 4. The van der Waals surface area contributed by atoms with E-state index in [0.717, 1.165) is 38.6 Å². The van der Waals surface area contributed by atoms with E-state index in [2.05, 4.69) is 30.0 Å². The molecule has 0 bridgehead atoms. The van der Waals surface area contributed by atoms with Crippen LogP contribution in [0.15, 0.2) is 18.2 Å². The van der Waals surface area contributed by atoms with Gasteiger partial charge in [-0.05, 0) is 24.1 Å². The fourth-order valence-corrected chi connectivity index (χ4v) is 2.36. The number of rotatable bonds is 5. The van der Waals surface area contributed by atoms with E-state index >= 15 is 0 Å². The van der Waals surface area contributed by atoms with E-state index in [1.165, 1.54) is 11.1 Å². The van der Waals surface area contributed by atoms with Gasteiger partial charge in [0.1, 0.15) is 5.75 Å². The van der Waals surface area contributed by atoms with Crippen molar-refractivity contribution >= 4 is 0 Å². The molecule has 0 aliphatic carbocycles. The van der Waals surface area contributed by atoms with Gasteiger partial charge in [-0.15, -0.1) is 0 Å². The lowest BCUT2D eigenvalue weighted by molar-refractivity contribution is 0.0339. The molecule has 0 radical (unpaired) electrons. The topological polar surface area (TPSA) is 47.7 Å². The Labute approximate surface area is 115 Å². The summed E-state index contributed by atoms with van der Waals surface area (Å²) in [6.45, 7) is 7.35. The monoisotopic (exact) mass is 264 g/mol. The molecule has 0 amide bonds. The second-order valence-corrected chi connectivity index (χ2v) is 5.10. The first-order chi connectivity index (χ1) is 9.24. The predicted octanol–water partition coefficient (Wildman–Crippen LogP) is 1.59. The van der Waals surface area contributed by atoms with Gasteiger partial charge >= 0.3 is 0 Å². The van der Waals surface area contributed by atoms with E-state index in [1.54, 1.807) is 7.11 Å². The summed E-state index contributed by atoms with van der Waals surface area (Å²) >= 11 is 0. The van der Waals surface area contributed by atoms with Gasteiger partial charge in [0.2, 0.25) is 0 Å². The van der Waals surface area contributed by atoms with Crippen LogP contribution in [0.1, 0.15) is 24.0 Å². The van der Waals surface area contributed by atoms with Crippen molar-refractivity contribution in [1.82, 2.24) is 4.90 Å². The Morgan fingerprint density at radius 3 is 2.74 bits per heavy atom. The average Bonchev–Trinajstić information content (AvgIpc) is 2.47. The summed E-state index contributed by atoms with van der Waals surface area (Å²) in [7, 11) is 1.73. The van der Waals surface area contributed by atoms with E-state index in [1.807, 2.05) is 0 Å². The molecule has 2 N–H and O–H groups in total. The SMILES string of the molecule is COc1ccc(C(C)CN)cc1CN1CCOCC1. The Hall–Kier alpha value is -1.10. The lowest BCUT2D eigenvalue weighted by atomic mass is 9.98. The molecule has 1 atom stereocenters. The Balaban J connectivity index is 2.15. The number of morpholine rings is 1. The van der Waals surface area contributed by atoms with Crippen LogP contribution in [0.3, 0.4) is 0 Å². The molecular formula is C15H24N2O2. The highest BCUT2D eigenvalue weighted by molar-refractivity contribution is 5.38.